The van der Waals surface area contributed by atoms with Gasteiger partial charge in [0.1, 0.15) is 5.75 Å². The maximum Gasteiger partial charge on any atom is 0.243 e. The summed E-state index contributed by atoms with van der Waals surface area (Å²) in [7, 11) is -2.05. The number of amides is 1. The van der Waals surface area contributed by atoms with Gasteiger partial charge in [-0.05, 0) is 48.6 Å². The van der Waals surface area contributed by atoms with Crippen molar-refractivity contribution >= 4 is 21.6 Å². The van der Waals surface area contributed by atoms with E-state index in [4.69, 9.17) is 4.74 Å². The Morgan fingerprint density at radius 2 is 1.72 bits per heavy atom. The molecule has 36 heavy (non-hydrogen) atoms. The van der Waals surface area contributed by atoms with Crippen molar-refractivity contribution in [3.05, 3.63) is 53.6 Å². The highest BCUT2D eigenvalue weighted by Gasteiger charge is 2.31. The fourth-order valence-corrected chi connectivity index (χ4v) is 6.72. The summed E-state index contributed by atoms with van der Waals surface area (Å²) in [5, 5.41) is 0. The molecule has 2 heterocycles. The van der Waals surface area contributed by atoms with Crippen LogP contribution in [0.1, 0.15) is 50.7 Å². The summed E-state index contributed by atoms with van der Waals surface area (Å²) in [6, 6.07) is 13.1. The maximum absolute atomic E-state index is 13.6. The number of rotatable bonds is 9. The average Bonchev–Trinajstić information content (AvgIpc) is 2.92. The van der Waals surface area contributed by atoms with E-state index in [2.05, 4.69) is 24.8 Å². The number of anilines is 1. The molecule has 0 aliphatic carbocycles. The Hall–Kier alpha value is -2.58. The van der Waals surface area contributed by atoms with Crippen LogP contribution in [0.25, 0.3) is 0 Å². The third-order valence-corrected chi connectivity index (χ3v) is 9.41. The Morgan fingerprint density at radius 3 is 2.39 bits per heavy atom. The summed E-state index contributed by atoms with van der Waals surface area (Å²) in [6.45, 7) is 7.65. The first-order valence-corrected chi connectivity index (χ1v) is 14.6. The number of carbonyl (C=O) groups is 1. The van der Waals surface area contributed by atoms with Gasteiger partial charge in [-0.15, -0.1) is 0 Å². The topological polar surface area (TPSA) is 70.2 Å². The minimum absolute atomic E-state index is 0.0918. The van der Waals surface area contributed by atoms with Crippen molar-refractivity contribution in [1.82, 2.24) is 9.21 Å². The predicted octanol–water partition coefficient (Wildman–Crippen LogP) is 4.31. The monoisotopic (exact) mass is 513 g/mol. The van der Waals surface area contributed by atoms with Gasteiger partial charge in [0.15, 0.2) is 0 Å². The van der Waals surface area contributed by atoms with Gasteiger partial charge in [0, 0.05) is 45.2 Å². The number of nitrogens with zero attached hydrogens (tertiary/aromatic N) is 3. The molecule has 0 N–H and O–H groups in total. The van der Waals surface area contributed by atoms with Gasteiger partial charge in [0.2, 0.25) is 15.9 Å². The molecule has 1 saturated heterocycles. The number of sulfonamides is 1. The average molecular weight is 514 g/mol. The van der Waals surface area contributed by atoms with Crippen LogP contribution < -0.4 is 9.64 Å². The second-order valence-corrected chi connectivity index (χ2v) is 11.7. The third-order valence-electron chi connectivity index (χ3n) is 7.56. The highest BCUT2D eigenvalue weighted by atomic mass is 32.2. The maximum atomic E-state index is 13.6. The molecule has 196 valence electrons. The number of methoxy groups -OCH3 is 1. The zero-order chi connectivity index (χ0) is 25.7. The molecule has 0 spiro atoms. The molecular weight excluding hydrogens is 474 g/mol. The standard InChI is InChI=1S/C28H39N3O4S/c1-4-6-9-22(5-2)28(32)30-18-16-29(17-19-30)26-20-25(12-13-27(26)35-3)36(33,34)31-15-14-23-10-7-8-11-24(23)21-31/h7-8,10-13,20,22H,4-6,9,14-19,21H2,1-3H3/t22-/m0/s1. The molecule has 4 rings (SSSR count). The molecule has 1 atom stereocenters. The molecule has 8 heteroatoms. The van der Waals surface area contributed by atoms with Crippen molar-refractivity contribution < 1.29 is 17.9 Å². The van der Waals surface area contributed by atoms with E-state index in [1.54, 1.807) is 29.6 Å². The number of fused-ring (bicyclic) bond motifs is 1. The summed E-state index contributed by atoms with van der Waals surface area (Å²) in [5.41, 5.74) is 3.04. The summed E-state index contributed by atoms with van der Waals surface area (Å²) in [4.78, 5) is 17.4. The first-order valence-electron chi connectivity index (χ1n) is 13.2. The van der Waals surface area contributed by atoms with E-state index >= 15 is 0 Å². The summed E-state index contributed by atoms with van der Waals surface area (Å²) >= 11 is 0. The van der Waals surface area contributed by atoms with Gasteiger partial charge in [0.25, 0.3) is 0 Å². The van der Waals surface area contributed by atoms with Crippen molar-refractivity contribution in [3.63, 3.8) is 0 Å². The van der Waals surface area contributed by atoms with Crippen LogP contribution in [-0.4, -0.2) is 63.4 Å². The van der Waals surface area contributed by atoms with E-state index in [-0.39, 0.29) is 16.7 Å². The second-order valence-electron chi connectivity index (χ2n) is 9.75. The Morgan fingerprint density at radius 1 is 1.00 bits per heavy atom. The van der Waals surface area contributed by atoms with Gasteiger partial charge in [-0.1, -0.05) is 51.0 Å². The summed E-state index contributed by atoms with van der Waals surface area (Å²) in [5.74, 6) is 0.987. The minimum atomic E-state index is -3.65. The van der Waals surface area contributed by atoms with E-state index in [0.717, 1.165) is 36.9 Å². The van der Waals surface area contributed by atoms with E-state index in [1.807, 2.05) is 23.1 Å². The lowest BCUT2D eigenvalue weighted by Gasteiger charge is -2.38. The van der Waals surface area contributed by atoms with Crippen LogP contribution in [0, 0.1) is 5.92 Å². The molecule has 0 bridgehead atoms. The minimum Gasteiger partial charge on any atom is -0.495 e. The van der Waals surface area contributed by atoms with Crippen molar-refractivity contribution in [2.24, 2.45) is 5.92 Å². The Labute approximate surface area is 216 Å². The third kappa shape index (κ3) is 5.54. The second kappa shape index (κ2) is 11.6. The highest BCUT2D eigenvalue weighted by Crippen LogP contribution is 2.34. The first kappa shape index (κ1) is 26.5. The van der Waals surface area contributed by atoms with Gasteiger partial charge in [-0.25, -0.2) is 8.42 Å². The molecule has 0 saturated carbocycles. The van der Waals surface area contributed by atoms with Crippen LogP contribution >= 0.6 is 0 Å². The van der Waals surface area contributed by atoms with Crippen LogP contribution in [0.3, 0.4) is 0 Å². The molecule has 2 aromatic rings. The van der Waals surface area contributed by atoms with Gasteiger partial charge < -0.3 is 14.5 Å². The Kier molecular flexibility index (Phi) is 8.57. The highest BCUT2D eigenvalue weighted by molar-refractivity contribution is 7.89. The van der Waals surface area contributed by atoms with Crippen LogP contribution in [-0.2, 0) is 27.8 Å². The van der Waals surface area contributed by atoms with Crippen molar-refractivity contribution in [3.8, 4) is 5.75 Å². The van der Waals surface area contributed by atoms with Gasteiger partial charge in [-0.3, -0.25) is 4.79 Å². The van der Waals surface area contributed by atoms with Crippen molar-refractivity contribution in [2.75, 3.05) is 44.7 Å². The number of hydrogen-bond acceptors (Lipinski definition) is 5. The summed E-state index contributed by atoms with van der Waals surface area (Å²) in [6.07, 6.45) is 4.70. The summed E-state index contributed by atoms with van der Waals surface area (Å²) < 4.78 is 34.3. The quantitative estimate of drug-likeness (QED) is 0.500. The predicted molar refractivity (Wildman–Crippen MR) is 143 cm³/mol. The van der Waals surface area contributed by atoms with Crippen LogP contribution in [0.5, 0.6) is 5.75 Å². The van der Waals surface area contributed by atoms with E-state index in [0.29, 0.717) is 51.4 Å². The molecule has 1 fully saturated rings. The molecular formula is C28H39N3O4S. The number of unbranched alkanes of at least 4 members (excludes halogenated alkanes) is 1. The fraction of sp³-hybridized carbons (Fsp3) is 0.536. The normalized spacial score (nSPS) is 17.5. The van der Waals surface area contributed by atoms with Gasteiger partial charge in [0.05, 0.1) is 17.7 Å². The number of piperazine rings is 1. The molecule has 2 aromatic carbocycles. The zero-order valence-electron chi connectivity index (χ0n) is 21.8. The SMILES string of the molecule is CCCC[C@H](CC)C(=O)N1CCN(c2cc(S(=O)(=O)N3CCc4ccccc4C3)ccc2OC)CC1. The lowest BCUT2D eigenvalue weighted by Crippen LogP contribution is -2.50. The smallest absolute Gasteiger partial charge is 0.243 e. The number of carbonyl (C=O) groups excluding carboxylic acids is 1. The molecule has 2 aliphatic heterocycles. The molecule has 1 amide bonds. The lowest BCUT2D eigenvalue weighted by molar-refractivity contribution is -0.136. The first-order chi connectivity index (χ1) is 17.4. The van der Waals surface area contributed by atoms with Crippen LogP contribution in [0.15, 0.2) is 47.4 Å². The molecule has 7 nitrogen and oxygen atoms in total. The largest absolute Gasteiger partial charge is 0.495 e. The molecule has 0 unspecified atom stereocenters. The van der Waals surface area contributed by atoms with E-state index in [1.165, 1.54) is 5.56 Å². The van der Waals surface area contributed by atoms with Gasteiger partial charge in [-0.2, -0.15) is 4.31 Å². The number of benzene rings is 2. The van der Waals surface area contributed by atoms with E-state index in [9.17, 15) is 13.2 Å². The van der Waals surface area contributed by atoms with Crippen molar-refractivity contribution in [1.29, 1.82) is 0 Å². The van der Waals surface area contributed by atoms with Crippen molar-refractivity contribution in [2.45, 2.75) is 57.4 Å². The fourth-order valence-electron chi connectivity index (χ4n) is 5.28. The molecule has 0 aromatic heterocycles. The van der Waals surface area contributed by atoms with Crippen LogP contribution in [0.4, 0.5) is 5.69 Å². The molecule has 2 aliphatic rings. The Bertz CT molecular complexity index is 1160. The van der Waals surface area contributed by atoms with E-state index < -0.39 is 10.0 Å². The zero-order valence-corrected chi connectivity index (χ0v) is 22.6. The van der Waals surface area contributed by atoms with Crippen LogP contribution in [0.2, 0.25) is 0 Å². The Balaban J connectivity index is 1.49. The number of hydrogen-bond donors (Lipinski definition) is 0. The number of ether oxygens (including phenoxy) is 1. The molecule has 0 radical (unpaired) electrons. The van der Waals surface area contributed by atoms with Gasteiger partial charge >= 0.3 is 0 Å². The lowest BCUT2D eigenvalue weighted by atomic mass is 9.97.